The fraction of sp³-hybridized carbons (Fsp3) is 0.538. The molecule has 0 aliphatic heterocycles. The molecule has 0 atom stereocenters. The summed E-state index contributed by atoms with van der Waals surface area (Å²) in [5, 5.41) is 8.83. The van der Waals surface area contributed by atoms with Gasteiger partial charge in [0.2, 0.25) is 0 Å². The number of aryl methyl sites for hydroxylation is 2. The van der Waals surface area contributed by atoms with Crippen molar-refractivity contribution in [2.45, 2.75) is 33.6 Å². The Labute approximate surface area is 91.9 Å². The Morgan fingerprint density at radius 3 is 2.60 bits per heavy atom. The van der Waals surface area contributed by atoms with Gasteiger partial charge >= 0.3 is 0 Å². The number of ether oxygens (including phenoxy) is 1. The van der Waals surface area contributed by atoms with Crippen LogP contribution in [-0.2, 0) is 6.42 Å². The summed E-state index contributed by atoms with van der Waals surface area (Å²) in [6.45, 7) is 7.10. The van der Waals surface area contributed by atoms with Crippen LogP contribution in [0.4, 0.5) is 0 Å². The predicted molar refractivity (Wildman–Crippen MR) is 62.5 cm³/mol. The number of aliphatic hydroxyl groups is 1. The second-order valence-electron chi connectivity index (χ2n) is 3.76. The molecule has 0 aliphatic rings. The summed E-state index contributed by atoms with van der Waals surface area (Å²) in [6.07, 6.45) is 1.68. The van der Waals surface area contributed by atoms with Gasteiger partial charge in [-0.1, -0.05) is 12.1 Å². The summed E-state index contributed by atoms with van der Waals surface area (Å²) >= 11 is 0. The van der Waals surface area contributed by atoms with E-state index < -0.39 is 0 Å². The molecule has 0 aliphatic carbocycles. The predicted octanol–water partition coefficient (Wildman–Crippen LogP) is 2.63. The molecule has 0 bridgehead atoms. The van der Waals surface area contributed by atoms with Gasteiger partial charge in [-0.2, -0.15) is 0 Å². The summed E-state index contributed by atoms with van der Waals surface area (Å²) in [4.78, 5) is 0. The summed E-state index contributed by atoms with van der Waals surface area (Å²) in [5.41, 5.74) is 3.67. The SMILES string of the molecule is CCOc1c(CCCO)ccc(C)c1C. The molecule has 0 fully saturated rings. The highest BCUT2D eigenvalue weighted by Gasteiger charge is 2.08. The smallest absolute Gasteiger partial charge is 0.125 e. The molecule has 0 saturated carbocycles. The van der Waals surface area contributed by atoms with Gasteiger partial charge in [0.05, 0.1) is 6.61 Å². The van der Waals surface area contributed by atoms with Gasteiger partial charge in [-0.3, -0.25) is 0 Å². The number of hydrogen-bond acceptors (Lipinski definition) is 2. The molecule has 2 nitrogen and oxygen atoms in total. The molecule has 0 aromatic heterocycles. The third-order valence-electron chi connectivity index (χ3n) is 2.65. The second kappa shape index (κ2) is 5.76. The lowest BCUT2D eigenvalue weighted by atomic mass is 10.0. The van der Waals surface area contributed by atoms with E-state index in [0.29, 0.717) is 6.61 Å². The lowest BCUT2D eigenvalue weighted by Gasteiger charge is -2.14. The van der Waals surface area contributed by atoms with Crippen molar-refractivity contribution in [2.75, 3.05) is 13.2 Å². The first-order chi connectivity index (χ1) is 7.20. The molecule has 1 N–H and O–H groups in total. The Morgan fingerprint density at radius 1 is 1.27 bits per heavy atom. The van der Waals surface area contributed by atoms with Crippen molar-refractivity contribution in [2.24, 2.45) is 0 Å². The van der Waals surface area contributed by atoms with Gasteiger partial charge < -0.3 is 9.84 Å². The Hall–Kier alpha value is -1.02. The standard InChI is InChI=1S/C13H20O2/c1-4-15-13-11(3)10(2)7-8-12(13)6-5-9-14/h7-8,14H,4-6,9H2,1-3H3. The monoisotopic (exact) mass is 208 g/mol. The fourth-order valence-electron chi connectivity index (χ4n) is 1.66. The van der Waals surface area contributed by atoms with Crippen molar-refractivity contribution in [1.82, 2.24) is 0 Å². The minimum Gasteiger partial charge on any atom is -0.493 e. The lowest BCUT2D eigenvalue weighted by molar-refractivity contribution is 0.286. The topological polar surface area (TPSA) is 29.5 Å². The molecular formula is C13H20O2. The first-order valence-corrected chi connectivity index (χ1v) is 5.53. The molecule has 15 heavy (non-hydrogen) atoms. The minimum absolute atomic E-state index is 0.235. The largest absolute Gasteiger partial charge is 0.493 e. The van der Waals surface area contributed by atoms with E-state index in [-0.39, 0.29) is 6.61 Å². The number of rotatable bonds is 5. The molecule has 0 heterocycles. The van der Waals surface area contributed by atoms with Crippen LogP contribution in [0, 0.1) is 13.8 Å². The molecule has 2 heteroatoms. The van der Waals surface area contributed by atoms with Crippen molar-refractivity contribution < 1.29 is 9.84 Å². The Bertz CT molecular complexity index is 319. The van der Waals surface area contributed by atoms with Crippen LogP contribution in [0.25, 0.3) is 0 Å². The van der Waals surface area contributed by atoms with E-state index in [1.165, 1.54) is 16.7 Å². The highest BCUT2D eigenvalue weighted by molar-refractivity contribution is 5.45. The van der Waals surface area contributed by atoms with Crippen LogP contribution in [-0.4, -0.2) is 18.3 Å². The average molecular weight is 208 g/mol. The van der Waals surface area contributed by atoms with Crippen LogP contribution in [0.5, 0.6) is 5.75 Å². The van der Waals surface area contributed by atoms with E-state index in [0.717, 1.165) is 18.6 Å². The van der Waals surface area contributed by atoms with Crippen LogP contribution < -0.4 is 4.74 Å². The highest BCUT2D eigenvalue weighted by Crippen LogP contribution is 2.27. The van der Waals surface area contributed by atoms with Crippen LogP contribution in [0.3, 0.4) is 0 Å². The van der Waals surface area contributed by atoms with Gasteiger partial charge in [-0.15, -0.1) is 0 Å². The van der Waals surface area contributed by atoms with Crippen molar-refractivity contribution >= 4 is 0 Å². The van der Waals surface area contributed by atoms with E-state index in [4.69, 9.17) is 9.84 Å². The molecule has 1 rings (SSSR count). The van der Waals surface area contributed by atoms with E-state index in [1.807, 2.05) is 6.92 Å². The zero-order valence-electron chi connectivity index (χ0n) is 9.84. The van der Waals surface area contributed by atoms with Crippen LogP contribution in [0.2, 0.25) is 0 Å². The molecule has 0 amide bonds. The van der Waals surface area contributed by atoms with Crippen LogP contribution >= 0.6 is 0 Å². The first-order valence-electron chi connectivity index (χ1n) is 5.53. The maximum absolute atomic E-state index is 8.83. The van der Waals surface area contributed by atoms with Crippen molar-refractivity contribution in [1.29, 1.82) is 0 Å². The fourth-order valence-corrected chi connectivity index (χ4v) is 1.66. The van der Waals surface area contributed by atoms with Crippen LogP contribution in [0.15, 0.2) is 12.1 Å². The second-order valence-corrected chi connectivity index (χ2v) is 3.76. The average Bonchev–Trinajstić information content (AvgIpc) is 2.24. The van der Waals surface area contributed by atoms with Crippen molar-refractivity contribution in [3.8, 4) is 5.75 Å². The van der Waals surface area contributed by atoms with Gasteiger partial charge in [-0.05, 0) is 50.3 Å². The Balaban J connectivity index is 2.97. The molecule has 0 spiro atoms. The lowest BCUT2D eigenvalue weighted by Crippen LogP contribution is -2.01. The maximum Gasteiger partial charge on any atom is 0.125 e. The zero-order chi connectivity index (χ0) is 11.3. The van der Waals surface area contributed by atoms with Crippen LogP contribution in [0.1, 0.15) is 30.0 Å². The van der Waals surface area contributed by atoms with Gasteiger partial charge in [0.25, 0.3) is 0 Å². The van der Waals surface area contributed by atoms with E-state index in [9.17, 15) is 0 Å². The Morgan fingerprint density at radius 2 is 2.00 bits per heavy atom. The molecule has 1 aromatic carbocycles. The molecular weight excluding hydrogens is 188 g/mol. The zero-order valence-corrected chi connectivity index (χ0v) is 9.84. The van der Waals surface area contributed by atoms with Gasteiger partial charge in [0.1, 0.15) is 5.75 Å². The van der Waals surface area contributed by atoms with Gasteiger partial charge in [-0.25, -0.2) is 0 Å². The summed E-state index contributed by atoms with van der Waals surface area (Å²) < 4.78 is 5.66. The number of aliphatic hydroxyl groups excluding tert-OH is 1. The Kier molecular flexibility index (Phi) is 4.63. The molecule has 0 saturated heterocycles. The van der Waals surface area contributed by atoms with E-state index >= 15 is 0 Å². The number of hydrogen-bond donors (Lipinski definition) is 1. The summed E-state index contributed by atoms with van der Waals surface area (Å²) in [5.74, 6) is 1.01. The van der Waals surface area contributed by atoms with E-state index in [2.05, 4.69) is 26.0 Å². The van der Waals surface area contributed by atoms with Crippen molar-refractivity contribution in [3.63, 3.8) is 0 Å². The molecule has 0 unspecified atom stereocenters. The van der Waals surface area contributed by atoms with Crippen molar-refractivity contribution in [3.05, 3.63) is 28.8 Å². The molecule has 0 radical (unpaired) electrons. The summed E-state index contributed by atoms with van der Waals surface area (Å²) in [7, 11) is 0. The molecule has 1 aromatic rings. The summed E-state index contributed by atoms with van der Waals surface area (Å²) in [6, 6.07) is 4.22. The van der Waals surface area contributed by atoms with Gasteiger partial charge in [0, 0.05) is 6.61 Å². The van der Waals surface area contributed by atoms with Gasteiger partial charge in [0.15, 0.2) is 0 Å². The maximum atomic E-state index is 8.83. The van der Waals surface area contributed by atoms with E-state index in [1.54, 1.807) is 0 Å². The third kappa shape index (κ3) is 2.96. The first kappa shape index (κ1) is 12.1. The number of benzene rings is 1. The normalized spacial score (nSPS) is 10.4. The molecule has 84 valence electrons. The third-order valence-corrected chi connectivity index (χ3v) is 2.65. The quantitative estimate of drug-likeness (QED) is 0.806. The minimum atomic E-state index is 0.235. The highest BCUT2D eigenvalue weighted by atomic mass is 16.5.